The number of rotatable bonds is 0. The third kappa shape index (κ3) is 1.19. The Bertz CT molecular complexity index is 197. The van der Waals surface area contributed by atoms with Crippen molar-refractivity contribution in [3.8, 4) is 0 Å². The number of Topliss-reactive ketones (excluding diaryl/α,β-unsaturated/α-hetero) is 1. The molecule has 0 aromatic carbocycles. The fourth-order valence-electron chi connectivity index (χ4n) is 3.38. The van der Waals surface area contributed by atoms with Crippen molar-refractivity contribution in [3.63, 3.8) is 0 Å². The molecule has 0 amide bonds. The number of ketones is 1. The monoisotopic (exact) mass is 166 g/mol. The molecule has 0 radical (unpaired) electrons. The summed E-state index contributed by atoms with van der Waals surface area (Å²) in [4.78, 5) is 11.5. The van der Waals surface area contributed by atoms with E-state index in [9.17, 15) is 4.79 Å². The van der Waals surface area contributed by atoms with Gasteiger partial charge in [-0.2, -0.15) is 0 Å². The number of carbonyl (C=O) groups excluding carboxylic acids is 1. The van der Waals surface area contributed by atoms with Crippen molar-refractivity contribution in [2.24, 2.45) is 23.7 Å². The second-order valence-corrected chi connectivity index (χ2v) is 4.84. The quantitative estimate of drug-likeness (QED) is 0.540. The van der Waals surface area contributed by atoms with E-state index < -0.39 is 0 Å². The van der Waals surface area contributed by atoms with Gasteiger partial charge in [0, 0.05) is 12.3 Å². The van der Waals surface area contributed by atoms with Crippen LogP contribution in [0, 0.1) is 23.7 Å². The average Bonchev–Trinajstić information content (AvgIpc) is 2.31. The molecule has 2 saturated carbocycles. The molecule has 2 aliphatic rings. The van der Waals surface area contributed by atoms with Crippen LogP contribution in [-0.2, 0) is 4.79 Å². The Balaban J connectivity index is 2.14. The SMILES string of the molecule is CC1CC(C)C2C(=O)CCC2C1. The Hall–Kier alpha value is -0.330. The smallest absolute Gasteiger partial charge is 0.136 e. The summed E-state index contributed by atoms with van der Waals surface area (Å²) in [5.74, 6) is 3.26. The summed E-state index contributed by atoms with van der Waals surface area (Å²) >= 11 is 0. The number of carbonyl (C=O) groups is 1. The molecule has 2 aliphatic carbocycles. The second-order valence-electron chi connectivity index (χ2n) is 4.84. The van der Waals surface area contributed by atoms with Crippen molar-refractivity contribution >= 4 is 5.78 Å². The zero-order valence-corrected chi connectivity index (χ0v) is 8.05. The van der Waals surface area contributed by atoms with Gasteiger partial charge in [-0.1, -0.05) is 13.8 Å². The first kappa shape index (κ1) is 8.28. The standard InChI is InChI=1S/C11H18O/c1-7-5-8(2)11-9(6-7)3-4-10(11)12/h7-9,11H,3-6H2,1-2H3. The fraction of sp³-hybridized carbons (Fsp3) is 0.909. The highest BCUT2D eigenvalue weighted by Gasteiger charge is 2.42. The van der Waals surface area contributed by atoms with Crippen molar-refractivity contribution in [2.45, 2.75) is 39.5 Å². The molecule has 4 atom stereocenters. The molecule has 0 aliphatic heterocycles. The Kier molecular flexibility index (Phi) is 1.97. The second kappa shape index (κ2) is 2.86. The van der Waals surface area contributed by atoms with Gasteiger partial charge in [0.15, 0.2) is 0 Å². The molecule has 0 aromatic rings. The van der Waals surface area contributed by atoms with Gasteiger partial charge in [0.25, 0.3) is 0 Å². The van der Waals surface area contributed by atoms with E-state index in [1.165, 1.54) is 19.3 Å². The van der Waals surface area contributed by atoms with Crippen LogP contribution in [0.25, 0.3) is 0 Å². The van der Waals surface area contributed by atoms with Gasteiger partial charge < -0.3 is 0 Å². The molecule has 0 heterocycles. The van der Waals surface area contributed by atoms with Gasteiger partial charge in [-0.15, -0.1) is 0 Å². The van der Waals surface area contributed by atoms with Crippen LogP contribution in [0.5, 0.6) is 0 Å². The van der Waals surface area contributed by atoms with Crippen LogP contribution < -0.4 is 0 Å². The lowest BCUT2D eigenvalue weighted by molar-refractivity contribution is -0.123. The van der Waals surface area contributed by atoms with Crippen molar-refractivity contribution in [1.29, 1.82) is 0 Å². The zero-order chi connectivity index (χ0) is 8.72. The maximum Gasteiger partial charge on any atom is 0.136 e. The van der Waals surface area contributed by atoms with E-state index in [4.69, 9.17) is 0 Å². The molecule has 12 heavy (non-hydrogen) atoms. The molecule has 0 spiro atoms. The minimum atomic E-state index is 0.446. The van der Waals surface area contributed by atoms with E-state index in [0.29, 0.717) is 17.6 Å². The van der Waals surface area contributed by atoms with E-state index in [-0.39, 0.29) is 0 Å². The van der Waals surface area contributed by atoms with Gasteiger partial charge in [-0.3, -0.25) is 4.79 Å². The van der Waals surface area contributed by atoms with Crippen molar-refractivity contribution in [3.05, 3.63) is 0 Å². The summed E-state index contributed by atoms with van der Waals surface area (Å²) in [7, 11) is 0. The van der Waals surface area contributed by atoms with Crippen molar-refractivity contribution in [1.82, 2.24) is 0 Å². The minimum absolute atomic E-state index is 0.446. The molecule has 2 fully saturated rings. The number of hydrogen-bond donors (Lipinski definition) is 0. The van der Waals surface area contributed by atoms with Crippen LogP contribution in [0.3, 0.4) is 0 Å². The summed E-state index contributed by atoms with van der Waals surface area (Å²) in [5.41, 5.74) is 0. The van der Waals surface area contributed by atoms with Gasteiger partial charge in [0.1, 0.15) is 5.78 Å². The summed E-state index contributed by atoms with van der Waals surface area (Å²) < 4.78 is 0. The summed E-state index contributed by atoms with van der Waals surface area (Å²) in [6.45, 7) is 4.59. The van der Waals surface area contributed by atoms with E-state index in [1.54, 1.807) is 0 Å². The Morgan fingerprint density at radius 2 is 2.00 bits per heavy atom. The highest BCUT2D eigenvalue weighted by molar-refractivity contribution is 5.83. The molecular formula is C11H18O. The van der Waals surface area contributed by atoms with Crippen LogP contribution in [0.1, 0.15) is 39.5 Å². The highest BCUT2D eigenvalue weighted by atomic mass is 16.1. The number of fused-ring (bicyclic) bond motifs is 1. The van der Waals surface area contributed by atoms with Crippen LogP contribution >= 0.6 is 0 Å². The normalized spacial score (nSPS) is 47.7. The largest absolute Gasteiger partial charge is 0.299 e. The van der Waals surface area contributed by atoms with Crippen molar-refractivity contribution < 1.29 is 4.79 Å². The number of hydrogen-bond acceptors (Lipinski definition) is 1. The topological polar surface area (TPSA) is 17.1 Å². The molecule has 2 rings (SSSR count). The molecular weight excluding hydrogens is 148 g/mol. The molecule has 1 nitrogen and oxygen atoms in total. The van der Waals surface area contributed by atoms with Crippen molar-refractivity contribution in [2.75, 3.05) is 0 Å². The summed E-state index contributed by atoms with van der Waals surface area (Å²) in [6, 6.07) is 0. The Morgan fingerprint density at radius 1 is 1.25 bits per heavy atom. The maximum atomic E-state index is 11.5. The van der Waals surface area contributed by atoms with E-state index in [2.05, 4.69) is 13.8 Å². The van der Waals surface area contributed by atoms with Crippen LogP contribution in [0.4, 0.5) is 0 Å². The minimum Gasteiger partial charge on any atom is -0.299 e. The van der Waals surface area contributed by atoms with Gasteiger partial charge >= 0.3 is 0 Å². The predicted octanol–water partition coefficient (Wildman–Crippen LogP) is 2.65. The molecule has 0 aromatic heterocycles. The lowest BCUT2D eigenvalue weighted by atomic mass is 9.70. The molecule has 0 N–H and O–H groups in total. The third-order valence-electron chi connectivity index (χ3n) is 3.73. The van der Waals surface area contributed by atoms with Gasteiger partial charge in [0.05, 0.1) is 0 Å². The molecule has 1 heteroatoms. The lowest BCUT2D eigenvalue weighted by Gasteiger charge is -2.34. The van der Waals surface area contributed by atoms with Gasteiger partial charge in [-0.25, -0.2) is 0 Å². The maximum absolute atomic E-state index is 11.5. The van der Waals surface area contributed by atoms with Gasteiger partial charge in [-0.05, 0) is 37.0 Å². The summed E-state index contributed by atoms with van der Waals surface area (Å²) in [6.07, 6.45) is 4.62. The third-order valence-corrected chi connectivity index (χ3v) is 3.73. The van der Waals surface area contributed by atoms with Gasteiger partial charge in [0.2, 0.25) is 0 Å². The van der Waals surface area contributed by atoms with Crippen LogP contribution in [-0.4, -0.2) is 5.78 Å². The highest BCUT2D eigenvalue weighted by Crippen LogP contribution is 2.45. The Morgan fingerprint density at radius 3 is 2.75 bits per heavy atom. The molecule has 0 bridgehead atoms. The first-order chi connectivity index (χ1) is 5.68. The average molecular weight is 166 g/mol. The summed E-state index contributed by atoms with van der Waals surface area (Å²) in [5, 5.41) is 0. The zero-order valence-electron chi connectivity index (χ0n) is 8.05. The predicted molar refractivity (Wildman–Crippen MR) is 48.8 cm³/mol. The molecule has 68 valence electrons. The van der Waals surface area contributed by atoms with E-state index >= 15 is 0 Å². The first-order valence-electron chi connectivity index (χ1n) is 5.21. The fourth-order valence-corrected chi connectivity index (χ4v) is 3.38. The van der Waals surface area contributed by atoms with Crippen LogP contribution in [0.2, 0.25) is 0 Å². The van der Waals surface area contributed by atoms with E-state index in [0.717, 1.165) is 18.3 Å². The molecule has 0 saturated heterocycles. The first-order valence-corrected chi connectivity index (χ1v) is 5.21. The molecule has 4 unspecified atom stereocenters. The van der Waals surface area contributed by atoms with Crippen LogP contribution in [0.15, 0.2) is 0 Å². The Labute approximate surface area is 74.5 Å². The lowest BCUT2D eigenvalue weighted by Crippen LogP contribution is -2.30. The van der Waals surface area contributed by atoms with E-state index in [1.807, 2.05) is 0 Å².